The third kappa shape index (κ3) is 1.16. The van der Waals surface area contributed by atoms with E-state index < -0.39 is 0 Å². The largest absolute Gasteiger partial charge is 0.336 e. The maximum absolute atomic E-state index is 5.12. The molecule has 0 spiro atoms. The quantitative estimate of drug-likeness (QED) is 0.767. The summed E-state index contributed by atoms with van der Waals surface area (Å²) < 4.78 is 6.10. The zero-order chi connectivity index (χ0) is 8.84. The molecule has 2 aromatic heterocycles. The predicted molar refractivity (Wildman–Crippen MR) is 51.5 cm³/mol. The van der Waals surface area contributed by atoms with Crippen molar-refractivity contribution in [3.05, 3.63) is 22.4 Å². The second kappa shape index (κ2) is 2.54. The molecule has 2 heterocycles. The molecule has 4 heteroatoms. The van der Waals surface area contributed by atoms with Gasteiger partial charge in [-0.1, -0.05) is 5.16 Å². The number of aromatic nitrogens is 2. The van der Waals surface area contributed by atoms with E-state index in [4.69, 9.17) is 4.52 Å². The summed E-state index contributed by atoms with van der Waals surface area (Å²) in [5.41, 5.74) is 1.72. The van der Waals surface area contributed by atoms with E-state index in [9.17, 15) is 0 Å². The van der Waals surface area contributed by atoms with Gasteiger partial charge in [-0.25, -0.2) is 4.98 Å². The van der Waals surface area contributed by atoms with Gasteiger partial charge in [-0.2, -0.15) is 0 Å². The highest BCUT2D eigenvalue weighted by molar-refractivity contribution is 9.10. The summed E-state index contributed by atoms with van der Waals surface area (Å²) in [5.74, 6) is 0.609. The summed E-state index contributed by atoms with van der Waals surface area (Å²) in [6.45, 7) is 0. The molecule has 0 bridgehead atoms. The van der Waals surface area contributed by atoms with E-state index >= 15 is 0 Å². The molecule has 2 aromatic rings. The Hall–Kier alpha value is -0.900. The molecule has 0 atom stereocenters. The molecule has 3 nitrogen and oxygen atoms in total. The van der Waals surface area contributed by atoms with E-state index in [2.05, 4.69) is 26.1 Å². The van der Waals surface area contributed by atoms with Crippen molar-refractivity contribution < 1.29 is 4.52 Å². The Morgan fingerprint density at radius 2 is 2.31 bits per heavy atom. The fourth-order valence-electron chi connectivity index (χ4n) is 1.48. The average molecular weight is 239 g/mol. The smallest absolute Gasteiger partial charge is 0.258 e. The zero-order valence-corrected chi connectivity index (χ0v) is 8.41. The molecule has 0 aromatic carbocycles. The standard InChI is InChI=1S/C9H7BrN2O/c10-6-3-7-8(5-1-2-5)12-13-9(7)11-4-6/h3-5H,1-2H2. The van der Waals surface area contributed by atoms with Crippen LogP contribution in [0.15, 0.2) is 21.3 Å². The number of nitrogens with zero attached hydrogens (tertiary/aromatic N) is 2. The zero-order valence-electron chi connectivity index (χ0n) is 6.83. The molecule has 13 heavy (non-hydrogen) atoms. The van der Waals surface area contributed by atoms with E-state index in [0.717, 1.165) is 15.6 Å². The highest BCUT2D eigenvalue weighted by Crippen LogP contribution is 2.42. The normalized spacial score (nSPS) is 16.7. The number of hydrogen-bond donors (Lipinski definition) is 0. The van der Waals surface area contributed by atoms with Crippen molar-refractivity contribution in [2.45, 2.75) is 18.8 Å². The lowest BCUT2D eigenvalue weighted by Gasteiger charge is -1.90. The van der Waals surface area contributed by atoms with Crippen molar-refractivity contribution in [1.29, 1.82) is 0 Å². The number of fused-ring (bicyclic) bond motifs is 1. The van der Waals surface area contributed by atoms with Gasteiger partial charge in [0.25, 0.3) is 5.71 Å². The Balaban J connectivity index is 2.29. The number of hydrogen-bond acceptors (Lipinski definition) is 3. The molecule has 1 fully saturated rings. The Bertz CT molecular complexity index is 462. The number of pyridine rings is 1. The van der Waals surface area contributed by atoms with E-state index in [0.29, 0.717) is 11.6 Å². The van der Waals surface area contributed by atoms with Crippen LogP contribution < -0.4 is 0 Å². The number of rotatable bonds is 1. The third-order valence-electron chi connectivity index (χ3n) is 2.29. The van der Waals surface area contributed by atoms with Gasteiger partial charge in [0.15, 0.2) is 0 Å². The van der Waals surface area contributed by atoms with Crippen molar-refractivity contribution in [1.82, 2.24) is 10.1 Å². The van der Waals surface area contributed by atoms with Crippen molar-refractivity contribution >= 4 is 27.0 Å². The van der Waals surface area contributed by atoms with Crippen LogP contribution in [0.25, 0.3) is 11.1 Å². The Labute approximate surface area is 83.3 Å². The first kappa shape index (κ1) is 7.50. The summed E-state index contributed by atoms with van der Waals surface area (Å²) >= 11 is 3.39. The molecule has 66 valence electrons. The Kier molecular flexibility index (Phi) is 1.47. The van der Waals surface area contributed by atoms with Crippen molar-refractivity contribution in [2.24, 2.45) is 0 Å². The maximum atomic E-state index is 5.12. The first-order chi connectivity index (χ1) is 6.34. The van der Waals surface area contributed by atoms with Gasteiger partial charge in [-0.05, 0) is 34.8 Å². The molecule has 1 saturated carbocycles. The van der Waals surface area contributed by atoms with Gasteiger partial charge in [-0.15, -0.1) is 0 Å². The molecule has 0 N–H and O–H groups in total. The van der Waals surface area contributed by atoms with E-state index in [1.54, 1.807) is 6.20 Å². The van der Waals surface area contributed by atoms with Crippen LogP contribution in [0.5, 0.6) is 0 Å². The van der Waals surface area contributed by atoms with Gasteiger partial charge in [0.1, 0.15) is 0 Å². The van der Waals surface area contributed by atoms with Gasteiger partial charge in [0.2, 0.25) is 0 Å². The van der Waals surface area contributed by atoms with E-state index in [-0.39, 0.29) is 0 Å². The average Bonchev–Trinajstić information content (AvgIpc) is 2.87. The SMILES string of the molecule is Brc1cnc2onc(C3CC3)c2c1. The fourth-order valence-corrected chi connectivity index (χ4v) is 1.81. The molecule has 0 radical (unpaired) electrons. The van der Waals surface area contributed by atoms with E-state index in [1.807, 2.05) is 6.07 Å². The van der Waals surface area contributed by atoms with Gasteiger partial charge < -0.3 is 4.52 Å². The van der Waals surface area contributed by atoms with Crippen LogP contribution in [0.3, 0.4) is 0 Å². The van der Waals surface area contributed by atoms with Crippen LogP contribution in [0.4, 0.5) is 0 Å². The minimum Gasteiger partial charge on any atom is -0.336 e. The third-order valence-corrected chi connectivity index (χ3v) is 2.72. The lowest BCUT2D eigenvalue weighted by molar-refractivity contribution is 0.439. The molecular weight excluding hydrogens is 232 g/mol. The van der Waals surface area contributed by atoms with Crippen molar-refractivity contribution in [3.63, 3.8) is 0 Å². The molecular formula is C9H7BrN2O. The lowest BCUT2D eigenvalue weighted by atomic mass is 10.2. The van der Waals surface area contributed by atoms with Crippen LogP contribution in [0.2, 0.25) is 0 Å². The lowest BCUT2D eigenvalue weighted by Crippen LogP contribution is -1.79. The van der Waals surface area contributed by atoms with Crippen molar-refractivity contribution in [2.75, 3.05) is 0 Å². The Morgan fingerprint density at radius 1 is 1.46 bits per heavy atom. The molecule has 0 aliphatic heterocycles. The number of halogens is 1. The van der Waals surface area contributed by atoms with Gasteiger partial charge in [0, 0.05) is 16.6 Å². The second-order valence-electron chi connectivity index (χ2n) is 3.35. The summed E-state index contributed by atoms with van der Waals surface area (Å²) in [5, 5.41) is 5.09. The fraction of sp³-hybridized carbons (Fsp3) is 0.333. The summed E-state index contributed by atoms with van der Waals surface area (Å²) in [6.07, 6.45) is 4.19. The highest BCUT2D eigenvalue weighted by Gasteiger charge is 2.29. The van der Waals surface area contributed by atoms with Crippen molar-refractivity contribution in [3.8, 4) is 0 Å². The molecule has 0 saturated heterocycles. The first-order valence-corrected chi connectivity index (χ1v) is 5.05. The molecule has 1 aliphatic rings. The minimum absolute atomic E-state index is 0.609. The van der Waals surface area contributed by atoms with Gasteiger partial charge in [-0.3, -0.25) is 0 Å². The minimum atomic E-state index is 0.609. The molecule has 1 aliphatic carbocycles. The summed E-state index contributed by atoms with van der Waals surface area (Å²) in [7, 11) is 0. The Morgan fingerprint density at radius 3 is 3.08 bits per heavy atom. The van der Waals surface area contributed by atoms with Gasteiger partial charge in [0.05, 0.1) is 11.1 Å². The first-order valence-electron chi connectivity index (χ1n) is 4.25. The van der Waals surface area contributed by atoms with Crippen LogP contribution >= 0.6 is 15.9 Å². The van der Waals surface area contributed by atoms with Gasteiger partial charge >= 0.3 is 0 Å². The van der Waals surface area contributed by atoms with Crippen LogP contribution in [-0.2, 0) is 0 Å². The van der Waals surface area contributed by atoms with E-state index in [1.165, 1.54) is 12.8 Å². The second-order valence-corrected chi connectivity index (χ2v) is 4.26. The highest BCUT2D eigenvalue weighted by atomic mass is 79.9. The summed E-state index contributed by atoms with van der Waals surface area (Å²) in [6, 6.07) is 2.02. The monoisotopic (exact) mass is 238 g/mol. The molecule has 3 rings (SSSR count). The van der Waals surface area contributed by atoms with Crippen LogP contribution in [0.1, 0.15) is 24.5 Å². The van der Waals surface area contributed by atoms with Crippen LogP contribution in [0, 0.1) is 0 Å². The summed E-state index contributed by atoms with van der Waals surface area (Å²) in [4.78, 5) is 4.14. The molecule has 0 amide bonds. The topological polar surface area (TPSA) is 38.9 Å². The molecule has 0 unspecified atom stereocenters. The van der Waals surface area contributed by atoms with Crippen LogP contribution in [-0.4, -0.2) is 10.1 Å². The maximum Gasteiger partial charge on any atom is 0.258 e. The predicted octanol–water partition coefficient (Wildman–Crippen LogP) is 2.86.